The van der Waals surface area contributed by atoms with Crippen molar-refractivity contribution >= 4 is 0 Å². The van der Waals surface area contributed by atoms with Gasteiger partial charge < -0.3 is 10.1 Å². The normalized spacial score (nSPS) is 26.3. The van der Waals surface area contributed by atoms with E-state index >= 15 is 0 Å². The summed E-state index contributed by atoms with van der Waals surface area (Å²) in [4.78, 5) is 0. The first kappa shape index (κ1) is 12.5. The molecule has 0 aliphatic carbocycles. The highest BCUT2D eigenvalue weighted by Gasteiger charge is 2.35. The molecule has 1 aliphatic heterocycles. The zero-order valence-corrected chi connectivity index (χ0v) is 10.9. The zero-order chi connectivity index (χ0) is 12.3. The Balaban J connectivity index is 2.20. The van der Waals surface area contributed by atoms with E-state index in [-0.39, 0.29) is 0 Å². The number of aromatic nitrogens is 3. The molecule has 1 saturated heterocycles. The smallest absolute Gasteiger partial charge is 0.0757 e. The third-order valence-electron chi connectivity index (χ3n) is 3.58. The fraction of sp³-hybridized carbons (Fsp3) is 0.833. The van der Waals surface area contributed by atoms with E-state index in [1.54, 1.807) is 0 Å². The minimum atomic E-state index is 0.299. The summed E-state index contributed by atoms with van der Waals surface area (Å²) in [5, 5.41) is 11.6. The van der Waals surface area contributed by atoms with Crippen LogP contribution in [0.2, 0.25) is 0 Å². The minimum absolute atomic E-state index is 0.299. The number of nitrogens with one attached hydrogen (secondary N) is 1. The Morgan fingerprint density at radius 3 is 3.00 bits per heavy atom. The van der Waals surface area contributed by atoms with E-state index in [2.05, 4.69) is 29.5 Å². The molecule has 1 aromatic rings. The number of rotatable bonds is 5. The van der Waals surface area contributed by atoms with Crippen LogP contribution in [0.25, 0.3) is 0 Å². The van der Waals surface area contributed by atoms with Crippen LogP contribution in [0, 0.1) is 5.92 Å². The molecule has 96 valence electrons. The van der Waals surface area contributed by atoms with Gasteiger partial charge in [0.25, 0.3) is 0 Å². The molecular weight excluding hydrogens is 216 g/mol. The second-order valence-corrected chi connectivity index (χ2v) is 4.59. The van der Waals surface area contributed by atoms with Gasteiger partial charge in [0.05, 0.1) is 24.0 Å². The van der Waals surface area contributed by atoms with E-state index in [1.807, 2.05) is 17.9 Å². The van der Waals surface area contributed by atoms with Crippen molar-refractivity contribution in [2.24, 2.45) is 13.0 Å². The van der Waals surface area contributed by atoms with Crippen LogP contribution < -0.4 is 5.32 Å². The van der Waals surface area contributed by atoms with Gasteiger partial charge in [0.15, 0.2) is 0 Å². The standard InChI is InChI=1S/C12H22N4O/c1-4-11-9(6-7-17-11)12(13-5-2)10-8-14-15-16(10)3/h8-9,11-13H,4-7H2,1-3H3. The van der Waals surface area contributed by atoms with Crippen LogP contribution in [0.3, 0.4) is 0 Å². The number of ether oxygens (including phenoxy) is 1. The van der Waals surface area contributed by atoms with Crippen LogP contribution in [-0.4, -0.2) is 34.2 Å². The van der Waals surface area contributed by atoms with Crippen molar-refractivity contribution in [3.8, 4) is 0 Å². The van der Waals surface area contributed by atoms with Crippen LogP contribution >= 0.6 is 0 Å². The minimum Gasteiger partial charge on any atom is -0.378 e. The molecule has 3 atom stereocenters. The van der Waals surface area contributed by atoms with Crippen molar-refractivity contribution in [1.82, 2.24) is 20.3 Å². The summed E-state index contributed by atoms with van der Waals surface area (Å²) in [7, 11) is 1.95. The number of aryl methyl sites for hydroxylation is 1. The van der Waals surface area contributed by atoms with Gasteiger partial charge >= 0.3 is 0 Å². The molecule has 5 nitrogen and oxygen atoms in total. The summed E-state index contributed by atoms with van der Waals surface area (Å²) in [5.41, 5.74) is 1.15. The first-order chi connectivity index (χ1) is 8.27. The molecule has 0 saturated carbocycles. The van der Waals surface area contributed by atoms with E-state index in [0.29, 0.717) is 18.1 Å². The largest absolute Gasteiger partial charge is 0.378 e. The first-order valence-electron chi connectivity index (χ1n) is 6.47. The maximum Gasteiger partial charge on any atom is 0.0757 e. The molecule has 0 amide bonds. The molecule has 1 N–H and O–H groups in total. The predicted molar refractivity (Wildman–Crippen MR) is 65.6 cm³/mol. The zero-order valence-electron chi connectivity index (χ0n) is 10.9. The summed E-state index contributed by atoms with van der Waals surface area (Å²) in [6.45, 7) is 6.14. The lowest BCUT2D eigenvalue weighted by molar-refractivity contribution is 0.0767. The average Bonchev–Trinajstić information content (AvgIpc) is 2.94. The second kappa shape index (κ2) is 5.60. The lowest BCUT2D eigenvalue weighted by atomic mass is 9.89. The molecule has 17 heavy (non-hydrogen) atoms. The fourth-order valence-corrected chi connectivity index (χ4v) is 2.74. The maximum atomic E-state index is 5.79. The molecule has 0 aromatic carbocycles. The van der Waals surface area contributed by atoms with Gasteiger partial charge in [-0.2, -0.15) is 0 Å². The van der Waals surface area contributed by atoms with Gasteiger partial charge in [-0.3, -0.25) is 4.68 Å². The third kappa shape index (κ3) is 2.50. The Hall–Kier alpha value is -0.940. The lowest BCUT2D eigenvalue weighted by Crippen LogP contribution is -2.34. The summed E-state index contributed by atoms with van der Waals surface area (Å²) in [6.07, 6.45) is 4.39. The van der Waals surface area contributed by atoms with Gasteiger partial charge in [-0.1, -0.05) is 19.1 Å². The molecule has 1 aliphatic rings. The van der Waals surface area contributed by atoms with E-state index < -0.39 is 0 Å². The summed E-state index contributed by atoms with van der Waals surface area (Å²) < 4.78 is 7.65. The van der Waals surface area contributed by atoms with Crippen LogP contribution in [0.5, 0.6) is 0 Å². The molecular formula is C12H22N4O. The SMILES string of the molecule is CCNC(c1cnnn1C)C1CCOC1CC. The second-order valence-electron chi connectivity index (χ2n) is 4.59. The van der Waals surface area contributed by atoms with E-state index in [0.717, 1.165) is 31.7 Å². The van der Waals surface area contributed by atoms with Crippen molar-refractivity contribution in [2.45, 2.75) is 38.8 Å². The van der Waals surface area contributed by atoms with Gasteiger partial charge in [0.1, 0.15) is 0 Å². The Morgan fingerprint density at radius 1 is 1.59 bits per heavy atom. The number of nitrogens with zero attached hydrogens (tertiary/aromatic N) is 3. The summed E-state index contributed by atoms with van der Waals surface area (Å²) in [5.74, 6) is 0.525. The topological polar surface area (TPSA) is 52.0 Å². The quantitative estimate of drug-likeness (QED) is 0.839. The molecule has 3 unspecified atom stereocenters. The van der Waals surface area contributed by atoms with E-state index in [1.165, 1.54) is 0 Å². The Kier molecular flexibility index (Phi) is 4.12. The highest BCUT2D eigenvalue weighted by atomic mass is 16.5. The van der Waals surface area contributed by atoms with Crippen LogP contribution in [-0.2, 0) is 11.8 Å². The lowest BCUT2D eigenvalue weighted by Gasteiger charge is -2.27. The molecule has 2 rings (SSSR count). The van der Waals surface area contributed by atoms with Crippen LogP contribution in [0.15, 0.2) is 6.20 Å². The average molecular weight is 238 g/mol. The van der Waals surface area contributed by atoms with Gasteiger partial charge in [-0.25, -0.2) is 0 Å². The van der Waals surface area contributed by atoms with Crippen LogP contribution in [0.4, 0.5) is 0 Å². The molecule has 0 spiro atoms. The van der Waals surface area contributed by atoms with Gasteiger partial charge in [-0.15, -0.1) is 5.10 Å². The van der Waals surface area contributed by atoms with Crippen molar-refractivity contribution in [1.29, 1.82) is 0 Å². The maximum absolute atomic E-state index is 5.79. The Bertz CT molecular complexity index is 352. The van der Waals surface area contributed by atoms with Crippen molar-refractivity contribution in [2.75, 3.05) is 13.2 Å². The highest BCUT2D eigenvalue weighted by Crippen LogP contribution is 2.34. The first-order valence-corrected chi connectivity index (χ1v) is 6.47. The number of hydrogen-bond acceptors (Lipinski definition) is 4. The molecule has 1 aromatic heterocycles. The molecule has 0 radical (unpaired) electrons. The van der Waals surface area contributed by atoms with Crippen molar-refractivity contribution in [3.05, 3.63) is 11.9 Å². The Labute approximate surface area is 103 Å². The summed E-state index contributed by atoms with van der Waals surface area (Å²) in [6, 6.07) is 0.299. The van der Waals surface area contributed by atoms with Gasteiger partial charge in [0.2, 0.25) is 0 Å². The molecule has 1 fully saturated rings. The van der Waals surface area contributed by atoms with Crippen LogP contribution in [0.1, 0.15) is 38.4 Å². The number of hydrogen-bond donors (Lipinski definition) is 1. The molecule has 2 heterocycles. The van der Waals surface area contributed by atoms with Crippen molar-refractivity contribution in [3.63, 3.8) is 0 Å². The summed E-state index contributed by atoms with van der Waals surface area (Å²) >= 11 is 0. The van der Waals surface area contributed by atoms with E-state index in [9.17, 15) is 0 Å². The highest BCUT2D eigenvalue weighted by molar-refractivity contribution is 5.06. The van der Waals surface area contributed by atoms with Gasteiger partial charge in [0, 0.05) is 19.6 Å². The molecule has 0 bridgehead atoms. The Morgan fingerprint density at radius 2 is 2.41 bits per heavy atom. The molecule has 5 heteroatoms. The van der Waals surface area contributed by atoms with Crippen molar-refractivity contribution < 1.29 is 4.74 Å². The van der Waals surface area contributed by atoms with E-state index in [4.69, 9.17) is 4.74 Å². The third-order valence-corrected chi connectivity index (χ3v) is 3.58. The fourth-order valence-electron chi connectivity index (χ4n) is 2.74. The van der Waals surface area contributed by atoms with Gasteiger partial charge in [-0.05, 0) is 19.4 Å². The predicted octanol–water partition coefficient (Wildman–Crippen LogP) is 1.28. The monoisotopic (exact) mass is 238 g/mol.